The number of benzene rings is 1. The molecule has 0 spiro atoms. The Morgan fingerprint density at radius 2 is 2.03 bits per heavy atom. The van der Waals surface area contributed by atoms with Crippen molar-refractivity contribution < 1.29 is 9.18 Å². The molecule has 0 aromatic heterocycles. The number of piperidine rings is 3. The van der Waals surface area contributed by atoms with Gasteiger partial charge in [0, 0.05) is 19.1 Å². The first kappa shape index (κ1) is 19.2. The smallest absolute Gasteiger partial charge is 0.260 e. The van der Waals surface area contributed by atoms with E-state index >= 15 is 0 Å². The predicted octanol–water partition coefficient (Wildman–Crippen LogP) is 3.74. The van der Waals surface area contributed by atoms with Crippen molar-refractivity contribution in [2.75, 3.05) is 19.6 Å². The third kappa shape index (κ3) is 3.50. The van der Waals surface area contributed by atoms with E-state index in [0.717, 1.165) is 32.0 Å². The van der Waals surface area contributed by atoms with Crippen molar-refractivity contribution in [2.45, 2.75) is 50.6 Å². The zero-order valence-electron chi connectivity index (χ0n) is 16.6. The Hall–Kier alpha value is -1.79. The van der Waals surface area contributed by atoms with Crippen molar-refractivity contribution in [3.05, 3.63) is 47.3 Å². The van der Waals surface area contributed by atoms with E-state index in [1.165, 1.54) is 49.9 Å². The maximum Gasteiger partial charge on any atom is 0.260 e. The highest BCUT2D eigenvalue weighted by Crippen LogP contribution is 2.45. The summed E-state index contributed by atoms with van der Waals surface area (Å²) in [7, 11) is 0. The highest BCUT2D eigenvalue weighted by Gasteiger charge is 2.46. The molecule has 1 aliphatic carbocycles. The Morgan fingerprint density at radius 3 is 2.90 bits per heavy atom. The fraction of sp³-hybridized carbons (Fsp3) is 0.565. The number of hydrogen-bond acceptors (Lipinski definition) is 3. The minimum absolute atomic E-state index is 0.0418. The molecule has 5 rings (SSSR count). The molecule has 1 aromatic rings. The first-order valence-electron chi connectivity index (χ1n) is 10.9. The number of hydrogen-bond donors (Lipinski definition) is 1. The van der Waals surface area contributed by atoms with Crippen LogP contribution in [0.1, 0.15) is 48.9 Å². The highest BCUT2D eigenvalue weighted by molar-refractivity contribution is 7.80. The second kappa shape index (κ2) is 7.80. The molecule has 29 heavy (non-hydrogen) atoms. The van der Waals surface area contributed by atoms with Crippen molar-refractivity contribution in [3.63, 3.8) is 0 Å². The van der Waals surface area contributed by atoms with Crippen LogP contribution in [-0.2, 0) is 0 Å². The summed E-state index contributed by atoms with van der Waals surface area (Å²) < 4.78 is 14.0. The first-order valence-corrected chi connectivity index (χ1v) is 11.3. The molecule has 0 unspecified atom stereocenters. The molecule has 1 N–H and O–H groups in total. The summed E-state index contributed by atoms with van der Waals surface area (Å²) in [6.45, 7) is 3.19. The van der Waals surface area contributed by atoms with Gasteiger partial charge >= 0.3 is 0 Å². The van der Waals surface area contributed by atoms with Crippen LogP contribution in [0.3, 0.4) is 0 Å². The molecule has 0 radical (unpaired) electrons. The molecule has 3 heterocycles. The van der Waals surface area contributed by atoms with Crippen LogP contribution in [-0.4, -0.2) is 52.5 Å². The van der Waals surface area contributed by atoms with Gasteiger partial charge in [-0.3, -0.25) is 15.0 Å². The molecular weight excluding hydrogens is 385 g/mol. The lowest BCUT2D eigenvalue weighted by molar-refractivity contribution is 0.0127. The van der Waals surface area contributed by atoms with Gasteiger partial charge in [0.25, 0.3) is 5.91 Å². The van der Waals surface area contributed by atoms with Crippen LogP contribution in [0.15, 0.2) is 35.9 Å². The molecular formula is C23H28FN3OS. The molecule has 6 heteroatoms. The molecule has 4 aliphatic rings. The van der Waals surface area contributed by atoms with Crippen molar-refractivity contribution in [3.8, 4) is 0 Å². The number of fused-ring (bicyclic) bond motifs is 6. The zero-order chi connectivity index (χ0) is 20.0. The Labute approximate surface area is 177 Å². The van der Waals surface area contributed by atoms with Gasteiger partial charge in [-0.2, -0.15) is 0 Å². The monoisotopic (exact) mass is 413 g/mol. The van der Waals surface area contributed by atoms with Crippen LogP contribution >= 0.6 is 12.2 Å². The quantitative estimate of drug-likeness (QED) is 0.562. The van der Waals surface area contributed by atoms with Gasteiger partial charge in [-0.1, -0.05) is 30.2 Å². The number of thiocarbonyl (C=S) groups is 1. The van der Waals surface area contributed by atoms with E-state index in [2.05, 4.69) is 21.2 Å². The summed E-state index contributed by atoms with van der Waals surface area (Å²) >= 11 is 5.66. The SMILES string of the molecule is O=C(NC(=S)N1CCCC2=C[C@@H]3C[C@H](CN4CCCC[C@H]34)[C@@H]21)c1ccccc1F. The summed E-state index contributed by atoms with van der Waals surface area (Å²) in [5.74, 6) is 0.244. The second-order valence-corrected chi connectivity index (χ2v) is 9.33. The van der Waals surface area contributed by atoms with Crippen molar-refractivity contribution in [1.29, 1.82) is 0 Å². The number of carbonyl (C=O) groups excluding carboxylic acids is 1. The average Bonchev–Trinajstić information content (AvgIpc) is 2.73. The number of likely N-dealkylation sites (tertiary alicyclic amines) is 1. The van der Waals surface area contributed by atoms with E-state index in [0.29, 0.717) is 16.9 Å². The Kier molecular flexibility index (Phi) is 5.16. The van der Waals surface area contributed by atoms with Crippen molar-refractivity contribution in [2.24, 2.45) is 11.8 Å². The largest absolute Gasteiger partial charge is 0.342 e. The molecule has 1 aromatic carbocycles. The van der Waals surface area contributed by atoms with Gasteiger partial charge in [0.05, 0.1) is 11.6 Å². The topological polar surface area (TPSA) is 35.6 Å². The van der Waals surface area contributed by atoms with Crippen molar-refractivity contribution >= 4 is 23.2 Å². The van der Waals surface area contributed by atoms with E-state index in [9.17, 15) is 9.18 Å². The highest BCUT2D eigenvalue weighted by atomic mass is 32.1. The van der Waals surface area contributed by atoms with Crippen LogP contribution < -0.4 is 5.32 Å². The van der Waals surface area contributed by atoms with Crippen LogP contribution in [0.2, 0.25) is 0 Å². The standard InChI is InChI=1S/C23H28FN3OS/c24-19-8-2-1-7-18(19)22(28)25-23(29)27-11-5-6-15-12-16-13-17(21(15)27)14-26-10-4-3-9-20(16)26/h1-2,7-8,12,16-17,20-21H,3-6,9-11,13-14H2,(H,25,28,29)/t16-,17-,20-,21-/m1/s1. The number of nitrogens with zero attached hydrogens (tertiary/aromatic N) is 2. The molecule has 0 saturated carbocycles. The van der Waals surface area contributed by atoms with Crippen LogP contribution in [0.5, 0.6) is 0 Å². The van der Waals surface area contributed by atoms with Gasteiger partial charge in [0.2, 0.25) is 0 Å². The molecule has 1 amide bonds. The maximum absolute atomic E-state index is 14.0. The van der Waals surface area contributed by atoms with Gasteiger partial charge in [-0.05, 0) is 74.8 Å². The van der Waals surface area contributed by atoms with E-state index in [1.807, 2.05) is 0 Å². The third-order valence-electron chi connectivity index (χ3n) is 7.26. The number of rotatable bonds is 1. The van der Waals surface area contributed by atoms with Crippen LogP contribution in [0.25, 0.3) is 0 Å². The summed E-state index contributed by atoms with van der Waals surface area (Å²) in [6.07, 6.45) is 9.92. The second-order valence-electron chi connectivity index (χ2n) is 8.94. The first-order chi connectivity index (χ1) is 14.1. The minimum atomic E-state index is -0.518. The molecule has 2 bridgehead atoms. The Balaban J connectivity index is 1.36. The molecule has 3 fully saturated rings. The molecule has 3 aliphatic heterocycles. The average molecular weight is 414 g/mol. The Morgan fingerprint density at radius 1 is 1.17 bits per heavy atom. The lowest BCUT2D eigenvalue weighted by Gasteiger charge is -2.55. The Bertz CT molecular complexity index is 856. The maximum atomic E-state index is 14.0. The fourth-order valence-electron chi connectivity index (χ4n) is 6.08. The zero-order valence-corrected chi connectivity index (χ0v) is 17.5. The predicted molar refractivity (Wildman–Crippen MR) is 115 cm³/mol. The van der Waals surface area contributed by atoms with Crippen LogP contribution in [0, 0.1) is 17.7 Å². The molecule has 154 valence electrons. The molecule has 3 saturated heterocycles. The van der Waals surface area contributed by atoms with Crippen molar-refractivity contribution in [1.82, 2.24) is 15.1 Å². The van der Waals surface area contributed by atoms with E-state index < -0.39 is 11.7 Å². The van der Waals surface area contributed by atoms with Gasteiger partial charge in [-0.25, -0.2) is 4.39 Å². The summed E-state index contributed by atoms with van der Waals surface area (Å²) in [5, 5.41) is 3.25. The van der Waals surface area contributed by atoms with Gasteiger partial charge in [-0.15, -0.1) is 0 Å². The van der Waals surface area contributed by atoms with E-state index in [4.69, 9.17) is 12.2 Å². The number of nitrogens with one attached hydrogen (secondary N) is 1. The van der Waals surface area contributed by atoms with Gasteiger partial charge in [0.1, 0.15) is 5.82 Å². The minimum Gasteiger partial charge on any atom is -0.342 e. The van der Waals surface area contributed by atoms with E-state index in [-0.39, 0.29) is 11.6 Å². The van der Waals surface area contributed by atoms with E-state index in [1.54, 1.807) is 12.1 Å². The fourth-order valence-corrected chi connectivity index (χ4v) is 6.38. The number of halogens is 1. The number of carbonyl (C=O) groups is 1. The normalized spacial score (nSPS) is 31.3. The summed E-state index contributed by atoms with van der Waals surface area (Å²) in [5.41, 5.74) is 1.55. The molecule has 4 nitrogen and oxygen atoms in total. The summed E-state index contributed by atoms with van der Waals surface area (Å²) in [6, 6.07) is 7.05. The van der Waals surface area contributed by atoms with Gasteiger partial charge < -0.3 is 4.90 Å². The number of amides is 1. The third-order valence-corrected chi connectivity index (χ3v) is 7.59. The van der Waals surface area contributed by atoms with Crippen LogP contribution in [0.4, 0.5) is 4.39 Å². The summed E-state index contributed by atoms with van der Waals surface area (Å²) in [4.78, 5) is 17.5. The lowest BCUT2D eigenvalue weighted by atomic mass is 9.68. The molecule has 4 atom stereocenters. The lowest BCUT2D eigenvalue weighted by Crippen LogP contribution is -2.61. The van der Waals surface area contributed by atoms with Gasteiger partial charge in [0.15, 0.2) is 5.11 Å².